The number of rotatable bonds is 5. The van der Waals surface area contributed by atoms with E-state index in [1.165, 1.54) is 0 Å². The Kier molecular flexibility index (Phi) is 5.37. The summed E-state index contributed by atoms with van der Waals surface area (Å²) in [4.78, 5) is 0. The van der Waals surface area contributed by atoms with E-state index in [1.54, 1.807) is 6.07 Å². The quantitative estimate of drug-likeness (QED) is 0.879. The van der Waals surface area contributed by atoms with Gasteiger partial charge in [-0.1, -0.05) is 26.0 Å². The van der Waals surface area contributed by atoms with Crippen molar-refractivity contribution < 1.29 is 9.13 Å². The Morgan fingerprint density at radius 3 is 2.95 bits per heavy atom. The average Bonchev–Trinajstić information content (AvgIpc) is 2.88. The number of hydrogen-bond donors (Lipinski definition) is 1. The van der Waals surface area contributed by atoms with E-state index in [2.05, 4.69) is 35.1 Å². The first kappa shape index (κ1) is 14.9. The van der Waals surface area contributed by atoms with E-state index in [0.717, 1.165) is 31.6 Å². The van der Waals surface area contributed by atoms with Gasteiger partial charge in [-0.25, -0.2) is 4.39 Å². The highest BCUT2D eigenvalue weighted by Gasteiger charge is 2.35. The Hall–Kier alpha value is -0.450. The SMILES string of the molecule is CCNC(c1cccc(Br)c1F)C1CCOC1CC. The lowest BCUT2D eigenvalue weighted by Gasteiger charge is -2.28. The van der Waals surface area contributed by atoms with Crippen molar-refractivity contribution in [1.29, 1.82) is 0 Å². The third-order valence-electron chi connectivity index (χ3n) is 3.83. The summed E-state index contributed by atoms with van der Waals surface area (Å²) >= 11 is 3.27. The summed E-state index contributed by atoms with van der Waals surface area (Å²) in [7, 11) is 0. The van der Waals surface area contributed by atoms with Crippen LogP contribution in [-0.2, 0) is 4.74 Å². The highest BCUT2D eigenvalue weighted by molar-refractivity contribution is 9.10. The molecule has 1 aliphatic heterocycles. The van der Waals surface area contributed by atoms with E-state index in [-0.39, 0.29) is 18.0 Å². The molecule has 106 valence electrons. The van der Waals surface area contributed by atoms with Gasteiger partial charge in [0.2, 0.25) is 0 Å². The van der Waals surface area contributed by atoms with Gasteiger partial charge in [-0.05, 0) is 41.4 Å². The summed E-state index contributed by atoms with van der Waals surface area (Å²) < 4.78 is 20.6. The Labute approximate surface area is 122 Å². The van der Waals surface area contributed by atoms with Crippen molar-refractivity contribution in [3.63, 3.8) is 0 Å². The van der Waals surface area contributed by atoms with E-state index in [1.807, 2.05) is 12.1 Å². The zero-order valence-electron chi connectivity index (χ0n) is 11.5. The van der Waals surface area contributed by atoms with Crippen molar-refractivity contribution in [2.75, 3.05) is 13.2 Å². The summed E-state index contributed by atoms with van der Waals surface area (Å²) in [5, 5.41) is 3.43. The van der Waals surface area contributed by atoms with E-state index < -0.39 is 0 Å². The molecule has 1 heterocycles. The van der Waals surface area contributed by atoms with Crippen LogP contribution in [0.2, 0.25) is 0 Å². The molecule has 1 aromatic carbocycles. The Balaban J connectivity index is 2.31. The van der Waals surface area contributed by atoms with Gasteiger partial charge >= 0.3 is 0 Å². The fourth-order valence-electron chi connectivity index (χ4n) is 2.94. The summed E-state index contributed by atoms with van der Waals surface area (Å²) in [6.45, 7) is 5.78. The molecule has 1 N–H and O–H groups in total. The molecule has 1 aliphatic rings. The molecule has 0 spiro atoms. The van der Waals surface area contributed by atoms with E-state index >= 15 is 0 Å². The first-order chi connectivity index (χ1) is 9.19. The lowest BCUT2D eigenvalue weighted by Crippen LogP contribution is -2.33. The predicted molar refractivity (Wildman–Crippen MR) is 78.7 cm³/mol. The molecule has 1 aromatic rings. The van der Waals surface area contributed by atoms with Crippen LogP contribution in [0.25, 0.3) is 0 Å². The van der Waals surface area contributed by atoms with Gasteiger partial charge in [0.25, 0.3) is 0 Å². The van der Waals surface area contributed by atoms with Gasteiger partial charge < -0.3 is 10.1 Å². The van der Waals surface area contributed by atoms with Crippen LogP contribution in [0.15, 0.2) is 22.7 Å². The molecule has 3 unspecified atom stereocenters. The lowest BCUT2D eigenvalue weighted by molar-refractivity contribution is 0.0772. The first-order valence-corrected chi connectivity index (χ1v) is 7.77. The van der Waals surface area contributed by atoms with E-state index in [0.29, 0.717) is 10.4 Å². The lowest BCUT2D eigenvalue weighted by atomic mass is 9.86. The summed E-state index contributed by atoms with van der Waals surface area (Å²) in [5.74, 6) is 0.184. The van der Waals surface area contributed by atoms with Gasteiger partial charge in [-0.2, -0.15) is 0 Å². The maximum atomic E-state index is 14.3. The van der Waals surface area contributed by atoms with Gasteiger partial charge in [0, 0.05) is 24.1 Å². The third-order valence-corrected chi connectivity index (χ3v) is 4.44. The fourth-order valence-corrected chi connectivity index (χ4v) is 3.32. The highest BCUT2D eigenvalue weighted by atomic mass is 79.9. The maximum absolute atomic E-state index is 14.3. The number of halogens is 2. The fraction of sp³-hybridized carbons (Fsp3) is 0.600. The number of nitrogens with one attached hydrogen (secondary N) is 1. The molecule has 4 heteroatoms. The van der Waals surface area contributed by atoms with E-state index in [9.17, 15) is 4.39 Å². The van der Waals surface area contributed by atoms with Crippen molar-refractivity contribution in [3.8, 4) is 0 Å². The number of hydrogen-bond acceptors (Lipinski definition) is 2. The van der Waals surface area contributed by atoms with Crippen LogP contribution >= 0.6 is 15.9 Å². The normalized spacial score (nSPS) is 24.6. The molecule has 0 amide bonds. The van der Waals surface area contributed by atoms with Crippen LogP contribution in [0, 0.1) is 11.7 Å². The second-order valence-electron chi connectivity index (χ2n) is 4.95. The minimum Gasteiger partial charge on any atom is -0.378 e. The molecule has 0 aromatic heterocycles. The molecule has 0 bridgehead atoms. The van der Waals surface area contributed by atoms with Crippen molar-refractivity contribution in [3.05, 3.63) is 34.1 Å². The summed E-state index contributed by atoms with van der Waals surface area (Å²) in [6, 6.07) is 5.53. The first-order valence-electron chi connectivity index (χ1n) is 6.97. The van der Waals surface area contributed by atoms with Crippen molar-refractivity contribution >= 4 is 15.9 Å². The second kappa shape index (κ2) is 6.82. The molecule has 2 nitrogen and oxygen atoms in total. The zero-order chi connectivity index (χ0) is 13.8. The van der Waals surface area contributed by atoms with Gasteiger partial charge in [0.05, 0.1) is 10.6 Å². The van der Waals surface area contributed by atoms with Crippen molar-refractivity contribution in [1.82, 2.24) is 5.32 Å². The summed E-state index contributed by atoms with van der Waals surface area (Å²) in [6.07, 6.45) is 2.19. The molecule has 0 aliphatic carbocycles. The Morgan fingerprint density at radius 2 is 2.26 bits per heavy atom. The summed E-state index contributed by atoms with van der Waals surface area (Å²) in [5.41, 5.74) is 0.741. The Morgan fingerprint density at radius 1 is 1.47 bits per heavy atom. The number of ether oxygens (including phenoxy) is 1. The predicted octanol–water partition coefficient (Wildman–Crippen LogP) is 4.05. The molecular formula is C15H21BrFNO. The van der Waals surface area contributed by atoms with Gasteiger partial charge in [-0.3, -0.25) is 0 Å². The average molecular weight is 330 g/mol. The standard InChI is InChI=1S/C15H21BrFNO/c1-3-13-10(8-9-19-13)15(18-4-2)11-6-5-7-12(16)14(11)17/h5-7,10,13,15,18H,3-4,8-9H2,1-2H3. The highest BCUT2D eigenvalue weighted by Crippen LogP contribution is 2.37. The van der Waals surface area contributed by atoms with Crippen LogP contribution in [0.1, 0.15) is 38.3 Å². The monoisotopic (exact) mass is 329 g/mol. The van der Waals surface area contributed by atoms with Gasteiger partial charge in [-0.15, -0.1) is 0 Å². The topological polar surface area (TPSA) is 21.3 Å². The molecule has 0 saturated carbocycles. The van der Waals surface area contributed by atoms with Crippen molar-refractivity contribution in [2.24, 2.45) is 5.92 Å². The van der Waals surface area contributed by atoms with Crippen LogP contribution < -0.4 is 5.32 Å². The maximum Gasteiger partial charge on any atom is 0.142 e. The largest absolute Gasteiger partial charge is 0.378 e. The van der Waals surface area contributed by atoms with Crippen LogP contribution in [-0.4, -0.2) is 19.3 Å². The zero-order valence-corrected chi connectivity index (χ0v) is 13.0. The molecular weight excluding hydrogens is 309 g/mol. The molecule has 0 radical (unpaired) electrons. The molecule has 19 heavy (non-hydrogen) atoms. The molecule has 1 fully saturated rings. The number of benzene rings is 1. The minimum absolute atomic E-state index is 0.0231. The molecule has 1 saturated heterocycles. The van der Waals surface area contributed by atoms with Gasteiger partial charge in [0.1, 0.15) is 5.82 Å². The van der Waals surface area contributed by atoms with Crippen LogP contribution in [0.4, 0.5) is 4.39 Å². The Bertz CT molecular complexity index is 427. The second-order valence-corrected chi connectivity index (χ2v) is 5.80. The minimum atomic E-state index is -0.157. The van der Waals surface area contributed by atoms with Gasteiger partial charge in [0.15, 0.2) is 0 Å². The van der Waals surface area contributed by atoms with Crippen LogP contribution in [0.3, 0.4) is 0 Å². The molecule has 3 atom stereocenters. The van der Waals surface area contributed by atoms with Crippen molar-refractivity contribution in [2.45, 2.75) is 38.8 Å². The van der Waals surface area contributed by atoms with E-state index in [4.69, 9.17) is 4.74 Å². The smallest absolute Gasteiger partial charge is 0.142 e. The van der Waals surface area contributed by atoms with Crippen LogP contribution in [0.5, 0.6) is 0 Å². The molecule has 2 rings (SSSR count). The third kappa shape index (κ3) is 3.18.